The number of nitro benzene ring substituents is 1. The van der Waals surface area contributed by atoms with Crippen molar-refractivity contribution in [3.8, 4) is 5.75 Å². The number of anilines is 2. The third-order valence-corrected chi connectivity index (χ3v) is 5.00. The first kappa shape index (κ1) is 21.4. The molecular weight excluding hydrogens is 412 g/mol. The second-order valence-electron chi connectivity index (χ2n) is 6.71. The number of halogens is 1. The highest BCUT2D eigenvalue weighted by Gasteiger charge is 2.36. The Morgan fingerprint density at radius 3 is 2.80 bits per heavy atom. The summed E-state index contributed by atoms with van der Waals surface area (Å²) >= 11 is 6.04. The Hall–Kier alpha value is -3.33. The average Bonchev–Trinajstić information content (AvgIpc) is 3.12. The molecule has 2 aromatic rings. The number of nitrogens with one attached hydrogen (secondary N) is 2. The predicted octanol–water partition coefficient (Wildman–Crippen LogP) is 2.84. The molecule has 2 amide bonds. The van der Waals surface area contributed by atoms with E-state index >= 15 is 0 Å². The normalized spacial score (nSPS) is 15.7. The summed E-state index contributed by atoms with van der Waals surface area (Å²) in [6.07, 6.45) is 0.0824. The van der Waals surface area contributed by atoms with E-state index in [1.54, 1.807) is 36.4 Å². The Balaban J connectivity index is 1.54. The molecular formula is C20H21ClN4O5. The molecule has 1 aliphatic heterocycles. The lowest BCUT2D eigenvalue weighted by atomic mass is 10.1. The summed E-state index contributed by atoms with van der Waals surface area (Å²) in [5.74, 6) is -0.445. The summed E-state index contributed by atoms with van der Waals surface area (Å²) in [4.78, 5) is 37.0. The van der Waals surface area contributed by atoms with E-state index in [4.69, 9.17) is 16.3 Å². The van der Waals surface area contributed by atoms with Crippen LogP contribution in [0, 0.1) is 16.0 Å². The standard InChI is InChI=1S/C20H21ClN4O5/c1-30-18-7-6-14(21)11-17(18)24-12-13(10-19(24)26)20(27)23-9-8-22-15-4-2-3-5-16(15)25(28)29/h2-7,11,13,22H,8-10,12H2,1H3,(H,23,27). The summed E-state index contributed by atoms with van der Waals surface area (Å²) in [5, 5.41) is 17.2. The summed E-state index contributed by atoms with van der Waals surface area (Å²) in [6.45, 7) is 0.790. The number of rotatable bonds is 8. The number of carbonyl (C=O) groups excluding carboxylic acids is 2. The monoisotopic (exact) mass is 432 g/mol. The van der Waals surface area contributed by atoms with Crippen LogP contribution in [-0.2, 0) is 9.59 Å². The molecule has 0 aromatic heterocycles. The molecule has 30 heavy (non-hydrogen) atoms. The van der Waals surface area contributed by atoms with Crippen molar-refractivity contribution < 1.29 is 19.2 Å². The van der Waals surface area contributed by atoms with Crippen LogP contribution in [-0.4, -0.2) is 43.5 Å². The molecule has 2 aromatic carbocycles. The fraction of sp³-hybridized carbons (Fsp3) is 0.300. The number of ether oxygens (including phenoxy) is 1. The zero-order valence-corrected chi connectivity index (χ0v) is 17.0. The van der Waals surface area contributed by atoms with Crippen LogP contribution in [0.2, 0.25) is 5.02 Å². The second-order valence-corrected chi connectivity index (χ2v) is 7.15. The summed E-state index contributed by atoms with van der Waals surface area (Å²) in [7, 11) is 1.50. The van der Waals surface area contributed by atoms with Crippen LogP contribution >= 0.6 is 11.6 Å². The molecule has 1 atom stereocenters. The SMILES string of the molecule is COc1ccc(Cl)cc1N1CC(C(=O)NCCNc2ccccc2[N+](=O)[O-])CC1=O. The Labute approximate surface area is 178 Å². The van der Waals surface area contributed by atoms with Gasteiger partial charge in [0, 0.05) is 37.1 Å². The lowest BCUT2D eigenvalue weighted by Crippen LogP contribution is -2.35. The van der Waals surface area contributed by atoms with Crippen molar-refractivity contribution in [3.63, 3.8) is 0 Å². The van der Waals surface area contributed by atoms with Gasteiger partial charge in [0.15, 0.2) is 0 Å². The van der Waals surface area contributed by atoms with Gasteiger partial charge in [0.05, 0.1) is 23.6 Å². The maximum Gasteiger partial charge on any atom is 0.292 e. The van der Waals surface area contributed by atoms with Crippen LogP contribution in [0.15, 0.2) is 42.5 Å². The van der Waals surface area contributed by atoms with Gasteiger partial charge in [0.1, 0.15) is 11.4 Å². The van der Waals surface area contributed by atoms with Crippen molar-refractivity contribution in [1.82, 2.24) is 5.32 Å². The van der Waals surface area contributed by atoms with E-state index in [-0.39, 0.29) is 37.0 Å². The van der Waals surface area contributed by atoms with Crippen molar-refractivity contribution in [3.05, 3.63) is 57.6 Å². The molecule has 1 saturated heterocycles. The van der Waals surface area contributed by atoms with Crippen LogP contribution in [0.4, 0.5) is 17.1 Å². The molecule has 3 rings (SSSR count). The number of benzene rings is 2. The van der Waals surface area contributed by atoms with Crippen molar-refractivity contribution in [2.24, 2.45) is 5.92 Å². The van der Waals surface area contributed by atoms with Gasteiger partial charge in [-0.25, -0.2) is 0 Å². The highest BCUT2D eigenvalue weighted by molar-refractivity contribution is 6.31. The number of nitrogens with zero attached hydrogens (tertiary/aromatic N) is 2. The first-order valence-corrected chi connectivity index (χ1v) is 9.67. The van der Waals surface area contributed by atoms with Gasteiger partial charge < -0.3 is 20.3 Å². The summed E-state index contributed by atoms with van der Waals surface area (Å²) in [5.41, 5.74) is 0.881. The Bertz CT molecular complexity index is 968. The van der Waals surface area contributed by atoms with E-state index in [2.05, 4.69) is 10.6 Å². The van der Waals surface area contributed by atoms with Gasteiger partial charge in [-0.15, -0.1) is 0 Å². The van der Waals surface area contributed by atoms with Crippen molar-refractivity contribution >= 4 is 40.5 Å². The van der Waals surface area contributed by atoms with Gasteiger partial charge in [-0.3, -0.25) is 19.7 Å². The van der Waals surface area contributed by atoms with E-state index in [0.717, 1.165) is 0 Å². The van der Waals surface area contributed by atoms with Crippen LogP contribution < -0.4 is 20.3 Å². The highest BCUT2D eigenvalue weighted by Crippen LogP contribution is 2.35. The van der Waals surface area contributed by atoms with Crippen molar-refractivity contribution in [2.45, 2.75) is 6.42 Å². The number of methoxy groups -OCH3 is 1. The van der Waals surface area contributed by atoms with Crippen molar-refractivity contribution in [1.29, 1.82) is 0 Å². The molecule has 2 N–H and O–H groups in total. The number of para-hydroxylation sites is 2. The molecule has 158 valence electrons. The second kappa shape index (κ2) is 9.45. The van der Waals surface area contributed by atoms with Gasteiger partial charge in [0.2, 0.25) is 11.8 Å². The quantitative estimate of drug-likeness (QED) is 0.376. The number of carbonyl (C=O) groups is 2. The first-order chi connectivity index (χ1) is 14.4. The molecule has 0 bridgehead atoms. The Kier molecular flexibility index (Phi) is 6.73. The van der Waals surface area contributed by atoms with E-state index in [9.17, 15) is 19.7 Å². The van der Waals surface area contributed by atoms with Crippen molar-refractivity contribution in [2.75, 3.05) is 37.0 Å². The van der Waals surface area contributed by atoms with Crippen LogP contribution in [0.3, 0.4) is 0 Å². The minimum atomic E-state index is -0.507. The third-order valence-electron chi connectivity index (χ3n) is 4.77. The van der Waals surface area contributed by atoms with Gasteiger partial charge >= 0.3 is 0 Å². The first-order valence-electron chi connectivity index (χ1n) is 9.29. The number of amides is 2. The van der Waals surface area contributed by atoms with Gasteiger partial charge in [-0.05, 0) is 24.3 Å². The van der Waals surface area contributed by atoms with Gasteiger partial charge in [0.25, 0.3) is 5.69 Å². The van der Waals surface area contributed by atoms with E-state index < -0.39 is 10.8 Å². The van der Waals surface area contributed by atoms with Crippen LogP contribution in [0.25, 0.3) is 0 Å². The number of hydrogen-bond acceptors (Lipinski definition) is 6. The van der Waals surface area contributed by atoms with E-state index in [1.165, 1.54) is 18.1 Å². The molecule has 1 heterocycles. The largest absolute Gasteiger partial charge is 0.495 e. The minimum absolute atomic E-state index is 0.0312. The molecule has 1 unspecified atom stereocenters. The maximum atomic E-state index is 12.5. The van der Waals surface area contributed by atoms with Crippen LogP contribution in [0.5, 0.6) is 5.75 Å². The molecule has 0 spiro atoms. The molecule has 0 aliphatic carbocycles. The zero-order chi connectivity index (χ0) is 21.7. The fourth-order valence-electron chi connectivity index (χ4n) is 3.30. The summed E-state index contributed by atoms with van der Waals surface area (Å²) in [6, 6.07) is 11.3. The Morgan fingerprint density at radius 2 is 2.07 bits per heavy atom. The van der Waals surface area contributed by atoms with Gasteiger partial charge in [-0.2, -0.15) is 0 Å². The number of nitro groups is 1. The summed E-state index contributed by atoms with van der Waals surface area (Å²) < 4.78 is 5.30. The molecule has 0 saturated carbocycles. The Morgan fingerprint density at radius 1 is 1.30 bits per heavy atom. The van der Waals surface area contributed by atoms with Gasteiger partial charge in [-0.1, -0.05) is 23.7 Å². The minimum Gasteiger partial charge on any atom is -0.495 e. The molecule has 0 radical (unpaired) electrons. The smallest absolute Gasteiger partial charge is 0.292 e. The van der Waals surface area contributed by atoms with E-state index in [1.807, 2.05) is 0 Å². The molecule has 9 nitrogen and oxygen atoms in total. The fourth-order valence-corrected chi connectivity index (χ4v) is 3.47. The molecule has 10 heteroatoms. The van der Waals surface area contributed by atoms with Crippen LogP contribution in [0.1, 0.15) is 6.42 Å². The molecule has 1 aliphatic rings. The lowest BCUT2D eigenvalue weighted by Gasteiger charge is -2.20. The maximum absolute atomic E-state index is 12.5. The topological polar surface area (TPSA) is 114 Å². The average molecular weight is 433 g/mol. The predicted molar refractivity (Wildman–Crippen MR) is 113 cm³/mol. The van der Waals surface area contributed by atoms with E-state index in [0.29, 0.717) is 28.7 Å². The zero-order valence-electron chi connectivity index (χ0n) is 16.3. The highest BCUT2D eigenvalue weighted by atomic mass is 35.5. The molecule has 1 fully saturated rings. The number of hydrogen-bond donors (Lipinski definition) is 2. The lowest BCUT2D eigenvalue weighted by molar-refractivity contribution is -0.384. The third kappa shape index (κ3) is 4.80.